The minimum Gasteiger partial charge on any atom is -0.394 e. The molecule has 1 aliphatic rings. The first-order chi connectivity index (χ1) is 33.3. The fourth-order valence-corrected chi connectivity index (χ4v) is 10.4. The molecule has 8 amide bonds. The van der Waals surface area contributed by atoms with E-state index in [-0.39, 0.29) is 56.8 Å². The molecule has 0 aliphatic carbocycles. The van der Waals surface area contributed by atoms with Crippen LogP contribution in [0.2, 0.25) is 0 Å². The molecular formula is C46H67N13O9S2. The summed E-state index contributed by atoms with van der Waals surface area (Å²) in [4.78, 5) is 118. The van der Waals surface area contributed by atoms with Gasteiger partial charge < -0.3 is 70.2 Å². The van der Waals surface area contributed by atoms with Crippen molar-refractivity contribution in [3.8, 4) is 0 Å². The van der Waals surface area contributed by atoms with Gasteiger partial charge in [0.2, 0.25) is 47.3 Å². The number of aliphatic imine (C=N–C) groups is 1. The lowest BCUT2D eigenvalue weighted by Crippen LogP contribution is -2.62. The van der Waals surface area contributed by atoms with Crippen LogP contribution in [0.15, 0.2) is 65.8 Å². The highest BCUT2D eigenvalue weighted by molar-refractivity contribution is 8.77. The van der Waals surface area contributed by atoms with Crippen molar-refractivity contribution in [2.24, 2.45) is 27.9 Å². The smallest absolute Gasteiger partial charge is 0.245 e. The van der Waals surface area contributed by atoms with Gasteiger partial charge in [-0.2, -0.15) is 0 Å². The molecule has 1 saturated heterocycles. The molecule has 7 atom stereocenters. The van der Waals surface area contributed by atoms with Crippen molar-refractivity contribution in [2.75, 3.05) is 25.4 Å². The van der Waals surface area contributed by atoms with Crippen LogP contribution in [0.5, 0.6) is 0 Å². The van der Waals surface area contributed by atoms with E-state index in [0.29, 0.717) is 30.5 Å². The molecule has 1 aromatic heterocycles. The van der Waals surface area contributed by atoms with E-state index in [9.17, 15) is 43.5 Å². The second-order valence-electron chi connectivity index (χ2n) is 17.4. The SMILES string of the molecule is CC(=O)N[C@H](CCCCN)C(=O)N[C@H]1CCSSC(C)(C)[C@@H](C(N)=O)NC(=O)[C@H](Cc2c[nH]c3ccccc23)NC(=O)[C@H](CCCN=C(N)N)NC(=O)[C@@H](Cc2ccccc2)NC(=O)[C@H](CO)NC1=O. The van der Waals surface area contributed by atoms with Crippen LogP contribution in [0.3, 0.4) is 0 Å². The minimum absolute atomic E-state index is 0.0508. The van der Waals surface area contributed by atoms with Crippen molar-refractivity contribution in [1.29, 1.82) is 0 Å². The number of aliphatic hydroxyl groups is 1. The number of hydrogen-bond donors (Lipinski definition) is 13. The van der Waals surface area contributed by atoms with E-state index in [1.165, 1.54) is 17.7 Å². The number of carbonyl (C=O) groups is 8. The Morgan fingerprint density at radius 3 is 2.07 bits per heavy atom. The number of nitrogens with two attached hydrogens (primary N) is 4. The number of aromatic nitrogens is 1. The Balaban J connectivity index is 1.79. The molecule has 2 heterocycles. The van der Waals surface area contributed by atoms with Gasteiger partial charge in [-0.1, -0.05) is 70.1 Å². The summed E-state index contributed by atoms with van der Waals surface area (Å²) >= 11 is 0. The number of hydrogen-bond acceptors (Lipinski definition) is 13. The quantitative estimate of drug-likeness (QED) is 0.0320. The van der Waals surface area contributed by atoms with Gasteiger partial charge in [0.05, 0.1) is 6.61 Å². The van der Waals surface area contributed by atoms with Crippen molar-refractivity contribution < 1.29 is 43.5 Å². The second kappa shape index (κ2) is 27.7. The molecule has 1 aliphatic heterocycles. The van der Waals surface area contributed by atoms with E-state index in [4.69, 9.17) is 22.9 Å². The topological polar surface area (TPSA) is 373 Å². The zero-order valence-electron chi connectivity index (χ0n) is 39.6. The lowest BCUT2D eigenvalue weighted by atomic mass is 9.99. The second-order valence-corrected chi connectivity index (χ2v) is 20.4. The van der Waals surface area contributed by atoms with Gasteiger partial charge in [0.15, 0.2) is 5.96 Å². The van der Waals surface area contributed by atoms with Gasteiger partial charge in [0.25, 0.3) is 0 Å². The number of carbonyl (C=O) groups excluding carboxylic acids is 8. The Labute approximate surface area is 414 Å². The average molecular weight is 1010 g/mol. The van der Waals surface area contributed by atoms with Gasteiger partial charge in [-0.05, 0) is 76.1 Å². The molecule has 22 nitrogen and oxygen atoms in total. The molecule has 0 radical (unpaired) electrons. The molecule has 0 bridgehead atoms. The number of rotatable bonds is 17. The number of primary amides is 1. The standard InChI is InChI=1S/C46H67N13O9S2/c1-26(61)53-31(16-9-10-19-47)39(63)55-33-18-21-69-70-46(2,3)37(38(48)62)59-43(67)35(23-28-24-52-30-15-8-7-14-29(28)30)57-40(64)32(17-11-20-51-45(49)50)54-42(66)34(22-27-12-5-4-6-13-27)56-44(68)36(25-60)58-41(33)65/h4-8,12-15,24,31-37,52,60H,9-11,16-23,25,47H2,1-3H3,(H2,48,62)(H,53,61)(H,54,66)(H,55,63)(H,56,68)(H,57,64)(H,58,65)(H,59,67)(H4,49,50,51)/t31-,32+,33+,34-,35+,36+,37-/m1/s1. The van der Waals surface area contributed by atoms with E-state index in [2.05, 4.69) is 47.2 Å². The third-order valence-electron chi connectivity index (χ3n) is 11.3. The van der Waals surface area contributed by atoms with Gasteiger partial charge in [-0.15, -0.1) is 0 Å². The van der Waals surface area contributed by atoms with Crippen LogP contribution in [0, 0.1) is 0 Å². The van der Waals surface area contributed by atoms with Crippen LogP contribution in [-0.4, -0.2) is 136 Å². The Bertz CT molecular complexity index is 2310. The van der Waals surface area contributed by atoms with Crippen molar-refractivity contribution in [3.05, 3.63) is 71.9 Å². The zero-order valence-corrected chi connectivity index (χ0v) is 41.2. The minimum atomic E-state index is -1.64. The summed E-state index contributed by atoms with van der Waals surface area (Å²) in [6, 6.07) is 6.56. The summed E-state index contributed by atoms with van der Waals surface area (Å²) in [6.45, 7) is 4.09. The first-order valence-electron chi connectivity index (χ1n) is 23.0. The highest BCUT2D eigenvalue weighted by atomic mass is 33.1. The van der Waals surface area contributed by atoms with E-state index in [1.807, 2.05) is 24.3 Å². The van der Waals surface area contributed by atoms with Crippen molar-refractivity contribution >= 4 is 85.7 Å². The van der Waals surface area contributed by atoms with Crippen molar-refractivity contribution in [3.63, 3.8) is 0 Å². The van der Waals surface area contributed by atoms with Crippen LogP contribution in [0.1, 0.15) is 70.4 Å². The number of aliphatic hydroxyl groups excluding tert-OH is 1. The van der Waals surface area contributed by atoms with E-state index in [0.717, 1.165) is 21.7 Å². The fourth-order valence-electron chi connectivity index (χ4n) is 7.63. The molecule has 382 valence electrons. The number of guanidine groups is 1. The molecular weight excluding hydrogens is 943 g/mol. The maximum atomic E-state index is 14.5. The summed E-state index contributed by atoms with van der Waals surface area (Å²) in [7, 11) is 2.36. The monoisotopic (exact) mass is 1010 g/mol. The molecule has 17 N–H and O–H groups in total. The van der Waals surface area contributed by atoms with E-state index < -0.39 is 101 Å². The van der Waals surface area contributed by atoms with Crippen molar-refractivity contribution in [2.45, 2.75) is 119 Å². The zero-order chi connectivity index (χ0) is 51.4. The first kappa shape index (κ1) is 56.2. The molecule has 0 unspecified atom stereocenters. The summed E-state index contributed by atoms with van der Waals surface area (Å²) in [5.74, 6) is -6.33. The molecule has 4 rings (SSSR count). The number of aromatic amines is 1. The molecule has 3 aromatic rings. The normalized spacial score (nSPS) is 22.4. The number of fused-ring (bicyclic) bond motifs is 1. The largest absolute Gasteiger partial charge is 0.394 e. The highest BCUT2D eigenvalue weighted by Crippen LogP contribution is 2.39. The van der Waals surface area contributed by atoms with Gasteiger partial charge in [0, 0.05) is 53.9 Å². The molecule has 24 heteroatoms. The number of para-hydroxylation sites is 1. The maximum absolute atomic E-state index is 14.5. The summed E-state index contributed by atoms with van der Waals surface area (Å²) in [6.07, 6.45) is 2.86. The van der Waals surface area contributed by atoms with Gasteiger partial charge >= 0.3 is 0 Å². The van der Waals surface area contributed by atoms with E-state index in [1.54, 1.807) is 50.4 Å². The lowest BCUT2D eigenvalue weighted by Gasteiger charge is -2.33. The predicted octanol–water partition coefficient (Wildman–Crippen LogP) is -1.41. The lowest BCUT2D eigenvalue weighted by molar-refractivity contribution is -0.136. The first-order valence-corrected chi connectivity index (χ1v) is 25.3. The Hall–Kier alpha value is -6.37. The third kappa shape index (κ3) is 17.5. The summed E-state index contributed by atoms with van der Waals surface area (Å²) in [5, 5.41) is 30.0. The maximum Gasteiger partial charge on any atom is 0.245 e. The van der Waals surface area contributed by atoms with Gasteiger partial charge in [0.1, 0.15) is 42.3 Å². The van der Waals surface area contributed by atoms with Crippen molar-refractivity contribution in [1.82, 2.24) is 42.2 Å². The molecule has 70 heavy (non-hydrogen) atoms. The summed E-state index contributed by atoms with van der Waals surface area (Å²) < 4.78 is -1.13. The number of nitrogens with one attached hydrogen (secondary N) is 8. The number of amides is 8. The number of benzene rings is 2. The fraction of sp³-hybridized carbons (Fsp3) is 0.500. The van der Waals surface area contributed by atoms with Gasteiger partial charge in [-0.25, -0.2) is 0 Å². The highest BCUT2D eigenvalue weighted by Gasteiger charge is 2.39. The third-order valence-corrected chi connectivity index (χ3v) is 14.7. The number of H-pyrrole nitrogens is 1. The predicted molar refractivity (Wildman–Crippen MR) is 269 cm³/mol. The van der Waals surface area contributed by atoms with Crippen LogP contribution < -0.4 is 60.2 Å². The van der Waals surface area contributed by atoms with Crippen LogP contribution in [-0.2, 0) is 51.2 Å². The van der Waals surface area contributed by atoms with Crippen LogP contribution >= 0.6 is 21.6 Å². The Morgan fingerprint density at radius 1 is 0.800 bits per heavy atom. The molecule has 1 fully saturated rings. The number of nitrogens with zero attached hydrogens (tertiary/aromatic N) is 1. The van der Waals surface area contributed by atoms with Gasteiger partial charge in [-0.3, -0.25) is 43.3 Å². The van der Waals surface area contributed by atoms with Crippen LogP contribution in [0.25, 0.3) is 10.9 Å². The number of unbranched alkanes of at least 4 members (excludes halogenated alkanes) is 1. The van der Waals surface area contributed by atoms with Crippen LogP contribution in [0.4, 0.5) is 0 Å². The van der Waals surface area contributed by atoms with E-state index >= 15 is 0 Å². The molecule has 0 spiro atoms. The Morgan fingerprint density at radius 2 is 1.41 bits per heavy atom. The Kier molecular flexibility index (Phi) is 22.3. The summed E-state index contributed by atoms with van der Waals surface area (Å²) in [5.41, 5.74) is 24.7. The molecule has 0 saturated carbocycles. The molecule has 2 aromatic carbocycles. The average Bonchev–Trinajstić information content (AvgIpc) is 3.72.